The zero-order valence-electron chi connectivity index (χ0n) is 11.7. The van der Waals surface area contributed by atoms with Crippen LogP contribution in [0.25, 0.3) is 11.3 Å². The van der Waals surface area contributed by atoms with E-state index < -0.39 is 5.91 Å². The molecule has 108 valence electrons. The van der Waals surface area contributed by atoms with Crippen molar-refractivity contribution in [1.82, 2.24) is 9.97 Å². The standard InChI is InChI=1S/C17H14N4O/c18-17(22)13-2-1-3-15(10-13)21-14-6-4-12(5-7-14)16-8-9-19-11-20-16/h1-11,21H,(H2,18,22). The molecule has 3 N–H and O–H groups in total. The van der Waals surface area contributed by atoms with Crippen molar-refractivity contribution in [2.24, 2.45) is 5.73 Å². The first-order valence-electron chi connectivity index (χ1n) is 6.76. The monoisotopic (exact) mass is 290 g/mol. The zero-order valence-corrected chi connectivity index (χ0v) is 11.7. The fraction of sp³-hybridized carbons (Fsp3) is 0. The highest BCUT2D eigenvalue weighted by atomic mass is 16.1. The number of carbonyl (C=O) groups excluding carboxylic acids is 1. The van der Waals surface area contributed by atoms with Gasteiger partial charge in [0.2, 0.25) is 5.91 Å². The van der Waals surface area contributed by atoms with Crippen LogP contribution in [-0.4, -0.2) is 15.9 Å². The highest BCUT2D eigenvalue weighted by molar-refractivity contribution is 5.93. The van der Waals surface area contributed by atoms with Gasteiger partial charge < -0.3 is 11.1 Å². The summed E-state index contributed by atoms with van der Waals surface area (Å²) in [5.74, 6) is -0.442. The largest absolute Gasteiger partial charge is 0.366 e. The van der Waals surface area contributed by atoms with Crippen molar-refractivity contribution in [2.45, 2.75) is 0 Å². The summed E-state index contributed by atoms with van der Waals surface area (Å²) in [4.78, 5) is 19.3. The second-order valence-corrected chi connectivity index (χ2v) is 4.74. The van der Waals surface area contributed by atoms with Crippen molar-refractivity contribution in [2.75, 3.05) is 5.32 Å². The Morgan fingerprint density at radius 3 is 2.50 bits per heavy atom. The van der Waals surface area contributed by atoms with E-state index in [9.17, 15) is 4.79 Å². The third kappa shape index (κ3) is 3.09. The Hall–Kier alpha value is -3.21. The van der Waals surface area contributed by atoms with Crippen molar-refractivity contribution in [3.8, 4) is 11.3 Å². The number of benzene rings is 2. The quantitative estimate of drug-likeness (QED) is 0.774. The molecule has 1 heterocycles. The lowest BCUT2D eigenvalue weighted by molar-refractivity contribution is 0.100. The first-order valence-corrected chi connectivity index (χ1v) is 6.76. The van der Waals surface area contributed by atoms with Gasteiger partial charge >= 0.3 is 0 Å². The summed E-state index contributed by atoms with van der Waals surface area (Å²) in [5, 5.41) is 3.24. The number of nitrogens with one attached hydrogen (secondary N) is 1. The Balaban J connectivity index is 1.79. The van der Waals surface area contributed by atoms with Gasteiger partial charge in [0.1, 0.15) is 6.33 Å². The van der Waals surface area contributed by atoms with Gasteiger partial charge in [-0.3, -0.25) is 4.79 Å². The maximum absolute atomic E-state index is 11.2. The molecule has 2 aromatic carbocycles. The van der Waals surface area contributed by atoms with E-state index in [1.165, 1.54) is 6.33 Å². The van der Waals surface area contributed by atoms with Crippen LogP contribution in [0.15, 0.2) is 67.1 Å². The second-order valence-electron chi connectivity index (χ2n) is 4.74. The molecule has 0 atom stereocenters. The van der Waals surface area contributed by atoms with Crippen LogP contribution in [0.1, 0.15) is 10.4 Å². The number of primary amides is 1. The molecule has 0 aliphatic heterocycles. The third-order valence-corrected chi connectivity index (χ3v) is 3.20. The third-order valence-electron chi connectivity index (χ3n) is 3.20. The summed E-state index contributed by atoms with van der Waals surface area (Å²) >= 11 is 0. The molecule has 1 amide bonds. The lowest BCUT2D eigenvalue weighted by atomic mass is 10.1. The normalized spacial score (nSPS) is 10.2. The molecule has 5 heteroatoms. The Kier molecular flexibility index (Phi) is 3.78. The predicted molar refractivity (Wildman–Crippen MR) is 85.7 cm³/mol. The van der Waals surface area contributed by atoms with Crippen molar-refractivity contribution >= 4 is 17.3 Å². The van der Waals surface area contributed by atoms with Crippen LogP contribution < -0.4 is 11.1 Å². The zero-order chi connectivity index (χ0) is 15.4. The maximum Gasteiger partial charge on any atom is 0.248 e. The highest BCUT2D eigenvalue weighted by Gasteiger charge is 2.02. The van der Waals surface area contributed by atoms with E-state index in [-0.39, 0.29) is 0 Å². The molecule has 0 radical (unpaired) electrons. The molecule has 3 rings (SSSR count). The average Bonchev–Trinajstić information content (AvgIpc) is 2.56. The summed E-state index contributed by atoms with van der Waals surface area (Å²) in [6, 6.07) is 16.8. The van der Waals surface area contributed by atoms with E-state index in [2.05, 4.69) is 15.3 Å². The van der Waals surface area contributed by atoms with Crippen molar-refractivity contribution < 1.29 is 4.79 Å². The predicted octanol–water partition coefficient (Wildman–Crippen LogP) is 2.99. The molecule has 5 nitrogen and oxygen atoms in total. The fourth-order valence-corrected chi connectivity index (χ4v) is 2.10. The number of hydrogen-bond acceptors (Lipinski definition) is 4. The first kappa shape index (κ1) is 13.8. The van der Waals surface area contributed by atoms with Crippen LogP contribution in [0.4, 0.5) is 11.4 Å². The number of hydrogen-bond donors (Lipinski definition) is 2. The van der Waals surface area contributed by atoms with Gasteiger partial charge in [0.25, 0.3) is 0 Å². The van der Waals surface area contributed by atoms with Crippen LogP contribution in [0, 0.1) is 0 Å². The number of amides is 1. The molecule has 0 aliphatic carbocycles. The van der Waals surface area contributed by atoms with E-state index in [1.807, 2.05) is 36.4 Å². The highest BCUT2D eigenvalue weighted by Crippen LogP contribution is 2.22. The number of nitrogens with zero attached hydrogens (tertiary/aromatic N) is 2. The lowest BCUT2D eigenvalue weighted by Crippen LogP contribution is -2.10. The molecular weight excluding hydrogens is 276 g/mol. The lowest BCUT2D eigenvalue weighted by Gasteiger charge is -2.08. The molecule has 0 unspecified atom stereocenters. The molecule has 1 aromatic heterocycles. The number of rotatable bonds is 4. The molecule has 0 saturated heterocycles. The summed E-state index contributed by atoms with van der Waals surface area (Å²) in [6.45, 7) is 0. The fourth-order valence-electron chi connectivity index (χ4n) is 2.10. The molecule has 0 bridgehead atoms. The first-order chi connectivity index (χ1) is 10.7. The molecule has 0 aliphatic rings. The Bertz CT molecular complexity index is 785. The number of anilines is 2. The van der Waals surface area contributed by atoms with Gasteiger partial charge in [-0.25, -0.2) is 9.97 Å². The van der Waals surface area contributed by atoms with E-state index in [0.29, 0.717) is 5.56 Å². The minimum absolute atomic E-state index is 0.442. The summed E-state index contributed by atoms with van der Waals surface area (Å²) in [7, 11) is 0. The SMILES string of the molecule is NC(=O)c1cccc(Nc2ccc(-c3ccncn3)cc2)c1. The van der Waals surface area contributed by atoms with Crippen molar-refractivity contribution in [3.63, 3.8) is 0 Å². The van der Waals surface area contributed by atoms with Crippen LogP contribution in [0.2, 0.25) is 0 Å². The molecule has 0 saturated carbocycles. The summed E-state index contributed by atoms with van der Waals surface area (Å²) in [6.07, 6.45) is 3.24. The van der Waals surface area contributed by atoms with Gasteiger partial charge in [-0.15, -0.1) is 0 Å². The molecule has 0 fully saturated rings. The van der Waals surface area contributed by atoms with Gasteiger partial charge in [0, 0.05) is 28.7 Å². The smallest absolute Gasteiger partial charge is 0.248 e. The van der Waals surface area contributed by atoms with Crippen LogP contribution in [0.5, 0.6) is 0 Å². The molecule has 0 spiro atoms. The van der Waals surface area contributed by atoms with Gasteiger partial charge in [-0.2, -0.15) is 0 Å². The molecule has 22 heavy (non-hydrogen) atoms. The van der Waals surface area contributed by atoms with E-state index in [4.69, 9.17) is 5.73 Å². The maximum atomic E-state index is 11.2. The topological polar surface area (TPSA) is 80.9 Å². The minimum Gasteiger partial charge on any atom is -0.366 e. The van der Waals surface area contributed by atoms with Crippen LogP contribution in [-0.2, 0) is 0 Å². The Morgan fingerprint density at radius 1 is 1.00 bits per heavy atom. The Morgan fingerprint density at radius 2 is 1.82 bits per heavy atom. The Labute approximate surface area is 127 Å². The van der Waals surface area contributed by atoms with E-state index in [0.717, 1.165) is 22.6 Å². The van der Waals surface area contributed by atoms with E-state index in [1.54, 1.807) is 24.4 Å². The summed E-state index contributed by atoms with van der Waals surface area (Å²) in [5.41, 5.74) is 9.37. The van der Waals surface area contributed by atoms with Crippen LogP contribution >= 0.6 is 0 Å². The van der Waals surface area contributed by atoms with Gasteiger partial charge in [-0.1, -0.05) is 18.2 Å². The molecule has 3 aromatic rings. The van der Waals surface area contributed by atoms with Crippen LogP contribution in [0.3, 0.4) is 0 Å². The number of nitrogens with two attached hydrogens (primary N) is 1. The van der Waals surface area contributed by atoms with Gasteiger partial charge in [-0.05, 0) is 36.4 Å². The van der Waals surface area contributed by atoms with Gasteiger partial charge in [0.05, 0.1) is 5.69 Å². The van der Waals surface area contributed by atoms with Crippen molar-refractivity contribution in [1.29, 1.82) is 0 Å². The minimum atomic E-state index is -0.442. The van der Waals surface area contributed by atoms with Crippen molar-refractivity contribution in [3.05, 3.63) is 72.7 Å². The average molecular weight is 290 g/mol. The van der Waals surface area contributed by atoms with E-state index >= 15 is 0 Å². The second kappa shape index (κ2) is 6.05. The summed E-state index contributed by atoms with van der Waals surface area (Å²) < 4.78 is 0. The van der Waals surface area contributed by atoms with Gasteiger partial charge in [0.15, 0.2) is 0 Å². The number of aromatic nitrogens is 2. The molecular formula is C17H14N4O. The number of carbonyl (C=O) groups is 1.